The van der Waals surface area contributed by atoms with Crippen LogP contribution < -0.4 is 5.32 Å². The molecular weight excluding hydrogens is 202 g/mol. The summed E-state index contributed by atoms with van der Waals surface area (Å²) in [5, 5.41) is 7.36. The van der Waals surface area contributed by atoms with Crippen molar-refractivity contribution in [2.24, 2.45) is 12.5 Å². The molecule has 88 valence electrons. The lowest BCUT2D eigenvalue weighted by atomic mass is 9.82. The van der Waals surface area contributed by atoms with Crippen LogP contribution in [0.15, 0.2) is 12.3 Å². The zero-order valence-corrected chi connectivity index (χ0v) is 9.99. The highest BCUT2D eigenvalue weighted by atomic mass is 16.1. The Morgan fingerprint density at radius 3 is 3.06 bits per heavy atom. The Morgan fingerprint density at radius 2 is 2.50 bits per heavy atom. The molecule has 0 radical (unpaired) electrons. The minimum absolute atomic E-state index is 0.140. The number of Topliss-reactive ketones (excluding diaryl/α,β-unsaturated/α-hetero) is 1. The van der Waals surface area contributed by atoms with Gasteiger partial charge in [-0.25, -0.2) is 0 Å². The number of aromatic nitrogens is 2. The second kappa shape index (κ2) is 4.37. The molecular formula is C12H19N3O. The number of nitrogens with zero attached hydrogens (tertiary/aromatic N) is 2. The van der Waals surface area contributed by atoms with Gasteiger partial charge in [0, 0.05) is 37.3 Å². The van der Waals surface area contributed by atoms with Crippen molar-refractivity contribution in [1.82, 2.24) is 15.1 Å². The van der Waals surface area contributed by atoms with Crippen LogP contribution >= 0.6 is 0 Å². The number of aryl methyl sites for hydroxylation is 2. The maximum absolute atomic E-state index is 12.1. The third-order valence-electron chi connectivity index (χ3n) is 3.57. The lowest BCUT2D eigenvalue weighted by Crippen LogP contribution is -2.30. The number of hydrogen-bond acceptors (Lipinski definition) is 3. The lowest BCUT2D eigenvalue weighted by molar-refractivity contribution is -0.126. The Bertz CT molecular complexity index is 377. The van der Waals surface area contributed by atoms with Crippen LogP contribution in [0.4, 0.5) is 0 Å². The molecule has 1 fully saturated rings. The molecule has 0 spiro atoms. The van der Waals surface area contributed by atoms with Crippen LogP contribution in [0.2, 0.25) is 0 Å². The molecule has 2 rings (SSSR count). The molecule has 1 atom stereocenters. The molecule has 1 aromatic heterocycles. The number of hydrogen-bond donors (Lipinski definition) is 1. The van der Waals surface area contributed by atoms with E-state index in [1.807, 2.05) is 17.8 Å². The predicted octanol–water partition coefficient (Wildman–Crippen LogP) is 0.921. The molecule has 1 unspecified atom stereocenters. The van der Waals surface area contributed by atoms with E-state index in [-0.39, 0.29) is 5.41 Å². The summed E-state index contributed by atoms with van der Waals surface area (Å²) in [5.74, 6) is 0.374. The van der Waals surface area contributed by atoms with Crippen molar-refractivity contribution in [3.05, 3.63) is 18.0 Å². The Labute approximate surface area is 96.0 Å². The van der Waals surface area contributed by atoms with E-state index in [9.17, 15) is 4.79 Å². The summed E-state index contributed by atoms with van der Waals surface area (Å²) in [6.07, 6.45) is 4.17. The van der Waals surface area contributed by atoms with Gasteiger partial charge < -0.3 is 5.32 Å². The van der Waals surface area contributed by atoms with Crippen molar-refractivity contribution >= 4 is 5.78 Å². The molecule has 1 aliphatic rings. The first-order chi connectivity index (χ1) is 7.62. The first kappa shape index (κ1) is 11.3. The highest BCUT2D eigenvalue weighted by Gasteiger charge is 2.35. The van der Waals surface area contributed by atoms with Gasteiger partial charge in [-0.15, -0.1) is 0 Å². The summed E-state index contributed by atoms with van der Waals surface area (Å²) < 4.78 is 1.84. The van der Waals surface area contributed by atoms with Crippen LogP contribution in [0.1, 0.15) is 25.5 Å². The van der Waals surface area contributed by atoms with Gasteiger partial charge in [-0.1, -0.05) is 6.92 Å². The van der Waals surface area contributed by atoms with E-state index in [1.165, 1.54) is 0 Å². The van der Waals surface area contributed by atoms with Gasteiger partial charge in [-0.3, -0.25) is 9.48 Å². The zero-order chi connectivity index (χ0) is 11.6. The fraction of sp³-hybridized carbons (Fsp3) is 0.667. The van der Waals surface area contributed by atoms with E-state index in [0.717, 1.165) is 31.6 Å². The fourth-order valence-electron chi connectivity index (χ4n) is 2.24. The van der Waals surface area contributed by atoms with Gasteiger partial charge >= 0.3 is 0 Å². The van der Waals surface area contributed by atoms with Crippen LogP contribution in [-0.2, 0) is 18.3 Å². The Hall–Kier alpha value is -1.16. The molecule has 0 saturated carbocycles. The van der Waals surface area contributed by atoms with Crippen molar-refractivity contribution in [1.29, 1.82) is 0 Å². The smallest absolute Gasteiger partial charge is 0.140 e. The Morgan fingerprint density at radius 1 is 1.69 bits per heavy atom. The maximum Gasteiger partial charge on any atom is 0.140 e. The van der Waals surface area contributed by atoms with Gasteiger partial charge in [0.2, 0.25) is 0 Å². The summed E-state index contributed by atoms with van der Waals surface area (Å²) in [6, 6.07) is 1.97. The normalized spacial score (nSPS) is 24.9. The molecule has 2 heterocycles. The third-order valence-corrected chi connectivity index (χ3v) is 3.57. The average molecular weight is 221 g/mol. The van der Waals surface area contributed by atoms with Crippen LogP contribution in [0.5, 0.6) is 0 Å². The van der Waals surface area contributed by atoms with Gasteiger partial charge in [0.25, 0.3) is 0 Å². The fourth-order valence-corrected chi connectivity index (χ4v) is 2.24. The SMILES string of the molecule is Cn1nccc1CCC(=O)C1(C)CCNC1. The zero-order valence-electron chi connectivity index (χ0n) is 9.99. The van der Waals surface area contributed by atoms with Crippen molar-refractivity contribution in [3.63, 3.8) is 0 Å². The molecule has 1 N–H and O–H groups in total. The van der Waals surface area contributed by atoms with Crippen molar-refractivity contribution in [2.75, 3.05) is 13.1 Å². The van der Waals surface area contributed by atoms with Crippen LogP contribution in [0.3, 0.4) is 0 Å². The van der Waals surface area contributed by atoms with E-state index in [1.54, 1.807) is 6.20 Å². The number of nitrogens with one attached hydrogen (secondary N) is 1. The van der Waals surface area contributed by atoms with E-state index in [4.69, 9.17) is 0 Å². The number of rotatable bonds is 4. The van der Waals surface area contributed by atoms with Crippen molar-refractivity contribution in [3.8, 4) is 0 Å². The maximum atomic E-state index is 12.1. The van der Waals surface area contributed by atoms with E-state index >= 15 is 0 Å². The molecule has 0 amide bonds. The third kappa shape index (κ3) is 2.16. The molecule has 0 bridgehead atoms. The minimum Gasteiger partial charge on any atom is -0.316 e. The lowest BCUT2D eigenvalue weighted by Gasteiger charge is -2.20. The molecule has 16 heavy (non-hydrogen) atoms. The molecule has 1 aliphatic heterocycles. The van der Waals surface area contributed by atoms with Crippen LogP contribution in [0, 0.1) is 5.41 Å². The van der Waals surface area contributed by atoms with E-state index in [0.29, 0.717) is 12.2 Å². The molecule has 1 saturated heterocycles. The quantitative estimate of drug-likeness (QED) is 0.822. The predicted molar refractivity (Wildman–Crippen MR) is 62.1 cm³/mol. The summed E-state index contributed by atoms with van der Waals surface area (Å²) in [6.45, 7) is 3.86. The summed E-state index contributed by atoms with van der Waals surface area (Å²) in [4.78, 5) is 12.1. The number of carbonyl (C=O) groups is 1. The summed E-state index contributed by atoms with van der Waals surface area (Å²) in [5.41, 5.74) is 0.987. The van der Waals surface area contributed by atoms with Crippen LogP contribution in [0.25, 0.3) is 0 Å². The summed E-state index contributed by atoms with van der Waals surface area (Å²) in [7, 11) is 1.92. The first-order valence-corrected chi connectivity index (χ1v) is 5.83. The van der Waals surface area contributed by atoms with Crippen molar-refractivity contribution in [2.45, 2.75) is 26.2 Å². The van der Waals surface area contributed by atoms with Gasteiger partial charge in [0.1, 0.15) is 5.78 Å². The number of ketones is 1. The monoisotopic (exact) mass is 221 g/mol. The molecule has 0 aliphatic carbocycles. The first-order valence-electron chi connectivity index (χ1n) is 5.83. The highest BCUT2D eigenvalue weighted by Crippen LogP contribution is 2.27. The largest absolute Gasteiger partial charge is 0.316 e. The molecule has 4 nitrogen and oxygen atoms in total. The number of carbonyl (C=O) groups excluding carboxylic acids is 1. The van der Waals surface area contributed by atoms with Gasteiger partial charge in [-0.05, 0) is 25.5 Å². The van der Waals surface area contributed by atoms with E-state index < -0.39 is 0 Å². The Kier molecular flexibility index (Phi) is 3.10. The molecule has 4 heteroatoms. The molecule has 1 aromatic rings. The Balaban J connectivity index is 1.91. The summed E-state index contributed by atoms with van der Waals surface area (Å²) >= 11 is 0. The van der Waals surface area contributed by atoms with Crippen molar-refractivity contribution < 1.29 is 4.79 Å². The van der Waals surface area contributed by atoms with Gasteiger partial charge in [0.05, 0.1) is 0 Å². The van der Waals surface area contributed by atoms with Gasteiger partial charge in [0.15, 0.2) is 0 Å². The second-order valence-corrected chi connectivity index (χ2v) is 4.86. The average Bonchev–Trinajstić information content (AvgIpc) is 2.85. The van der Waals surface area contributed by atoms with E-state index in [2.05, 4.69) is 17.3 Å². The minimum atomic E-state index is -0.140. The highest BCUT2D eigenvalue weighted by molar-refractivity contribution is 5.85. The topological polar surface area (TPSA) is 46.9 Å². The standard InChI is InChI=1S/C12H19N3O/c1-12(6-8-13-9-12)11(16)4-3-10-5-7-14-15(10)2/h5,7,13H,3-4,6,8-9H2,1-2H3. The van der Waals surface area contributed by atoms with Crippen LogP contribution in [-0.4, -0.2) is 28.7 Å². The molecule has 0 aromatic carbocycles. The second-order valence-electron chi connectivity index (χ2n) is 4.86. The van der Waals surface area contributed by atoms with Gasteiger partial charge in [-0.2, -0.15) is 5.10 Å².